The van der Waals surface area contributed by atoms with Crippen LogP contribution in [0, 0.1) is 17.1 Å². The van der Waals surface area contributed by atoms with Crippen LogP contribution in [0.25, 0.3) is 16.6 Å². The molecule has 0 saturated carbocycles. The number of amides is 1. The van der Waals surface area contributed by atoms with Crippen LogP contribution in [-0.2, 0) is 4.79 Å². The third kappa shape index (κ3) is 4.54. The van der Waals surface area contributed by atoms with Gasteiger partial charge in [-0.1, -0.05) is 11.8 Å². The van der Waals surface area contributed by atoms with E-state index in [1.54, 1.807) is 16.8 Å². The Morgan fingerprint density at radius 2 is 1.97 bits per heavy atom. The van der Waals surface area contributed by atoms with Crippen LogP contribution < -0.4 is 0 Å². The fraction of sp³-hybridized carbons (Fsp3) is 0.370. The number of pyridine rings is 2. The first-order chi connectivity index (χ1) is 18.5. The van der Waals surface area contributed by atoms with Crippen molar-refractivity contribution in [1.82, 2.24) is 34.2 Å². The number of piperidine rings is 1. The number of nitriles is 1. The van der Waals surface area contributed by atoms with Crippen molar-refractivity contribution in [3.8, 4) is 17.2 Å². The van der Waals surface area contributed by atoms with E-state index in [9.17, 15) is 14.4 Å². The highest BCUT2D eigenvalue weighted by atomic mass is 32.2. The lowest BCUT2D eigenvalue weighted by molar-refractivity contribution is -0.136. The first-order valence-electron chi connectivity index (χ1n) is 12.7. The molecule has 4 aromatic rings. The summed E-state index contributed by atoms with van der Waals surface area (Å²) in [6.07, 6.45) is 12.5. The molecule has 11 heteroatoms. The Balaban J connectivity index is 1.23. The molecular weight excluding hydrogens is 503 g/mol. The second kappa shape index (κ2) is 10.2. The van der Waals surface area contributed by atoms with Gasteiger partial charge in [0.15, 0.2) is 5.82 Å². The van der Waals surface area contributed by atoms with Crippen molar-refractivity contribution in [2.24, 2.45) is 0 Å². The molecule has 0 aliphatic carbocycles. The third-order valence-corrected chi connectivity index (χ3v) is 8.54. The highest BCUT2D eigenvalue weighted by Crippen LogP contribution is 2.36. The van der Waals surface area contributed by atoms with Crippen molar-refractivity contribution in [3.63, 3.8) is 0 Å². The first kappa shape index (κ1) is 24.6. The fourth-order valence-corrected chi connectivity index (χ4v) is 6.40. The Kier molecular flexibility index (Phi) is 6.59. The Labute approximate surface area is 223 Å². The summed E-state index contributed by atoms with van der Waals surface area (Å²) in [5.41, 5.74) is 2.78. The van der Waals surface area contributed by atoms with Gasteiger partial charge in [0.05, 0.1) is 35.6 Å². The number of nitrogens with zero attached hydrogens (tertiary/aromatic N) is 8. The summed E-state index contributed by atoms with van der Waals surface area (Å²) in [5, 5.41) is 18.8. The van der Waals surface area contributed by atoms with Crippen LogP contribution in [0.15, 0.2) is 59.1 Å². The molecule has 2 fully saturated rings. The monoisotopic (exact) mass is 530 g/mol. The number of aromatic nitrogens is 5. The maximum absolute atomic E-state index is 14.4. The molecule has 0 aromatic carbocycles. The standard InChI is InChI=1S/C27H27FN8OS/c1-33-9-3-5-23(33)27(37)34-10-6-21(7-11-34)35-17-20(15-31-35)18-12-24(38-26-22(28)4-2-8-30-26)25-19(13-29)14-32-36(25)16-18/h2,4,8,12,14-17,21,23H,3,5-7,9-11H2,1H3/t23-/m0/s1. The van der Waals surface area contributed by atoms with Gasteiger partial charge in [0.25, 0.3) is 0 Å². The topological polar surface area (TPSA) is 95.3 Å². The second-order valence-corrected chi connectivity index (χ2v) is 10.9. The van der Waals surface area contributed by atoms with Crippen LogP contribution in [0.2, 0.25) is 0 Å². The highest BCUT2D eigenvalue weighted by Gasteiger charge is 2.33. The summed E-state index contributed by atoms with van der Waals surface area (Å²) in [5.74, 6) is -0.167. The lowest BCUT2D eigenvalue weighted by atomic mass is 10.0. The Morgan fingerprint density at radius 3 is 2.71 bits per heavy atom. The molecular formula is C27H27FN8OS. The van der Waals surface area contributed by atoms with Crippen molar-refractivity contribution < 1.29 is 9.18 Å². The quantitative estimate of drug-likeness (QED) is 0.385. The molecule has 4 aromatic heterocycles. The van der Waals surface area contributed by atoms with E-state index in [4.69, 9.17) is 0 Å². The summed E-state index contributed by atoms with van der Waals surface area (Å²) in [4.78, 5) is 22.0. The van der Waals surface area contributed by atoms with Crippen LogP contribution in [-0.4, -0.2) is 72.8 Å². The largest absolute Gasteiger partial charge is 0.341 e. The van der Waals surface area contributed by atoms with Gasteiger partial charge in [-0.15, -0.1) is 0 Å². The number of fused-ring (bicyclic) bond motifs is 1. The van der Waals surface area contributed by atoms with Gasteiger partial charge in [0, 0.05) is 47.7 Å². The van der Waals surface area contributed by atoms with E-state index in [2.05, 4.69) is 26.2 Å². The number of hydrogen-bond donors (Lipinski definition) is 0. The molecule has 0 bridgehead atoms. The van der Waals surface area contributed by atoms with Gasteiger partial charge in [-0.05, 0) is 57.5 Å². The van der Waals surface area contributed by atoms with Crippen LogP contribution in [0.5, 0.6) is 0 Å². The van der Waals surface area contributed by atoms with E-state index in [0.717, 1.165) is 56.4 Å². The summed E-state index contributed by atoms with van der Waals surface area (Å²) >= 11 is 1.17. The summed E-state index contributed by atoms with van der Waals surface area (Å²) in [6, 6.07) is 7.25. The van der Waals surface area contributed by atoms with Crippen molar-refractivity contribution in [2.45, 2.75) is 47.7 Å². The van der Waals surface area contributed by atoms with E-state index in [0.29, 0.717) is 16.0 Å². The van der Waals surface area contributed by atoms with Crippen LogP contribution >= 0.6 is 11.8 Å². The number of likely N-dealkylation sites (N-methyl/N-ethyl adjacent to an activating group) is 1. The van der Waals surface area contributed by atoms with E-state index in [1.165, 1.54) is 24.0 Å². The van der Waals surface area contributed by atoms with Gasteiger partial charge >= 0.3 is 0 Å². The lowest BCUT2D eigenvalue weighted by Gasteiger charge is -2.34. The van der Waals surface area contributed by atoms with Gasteiger partial charge < -0.3 is 4.90 Å². The normalized spacial score (nSPS) is 18.8. The Morgan fingerprint density at radius 1 is 1.13 bits per heavy atom. The molecule has 6 heterocycles. The number of hydrogen-bond acceptors (Lipinski definition) is 7. The van der Waals surface area contributed by atoms with Crippen LogP contribution in [0.3, 0.4) is 0 Å². The molecule has 2 aliphatic rings. The number of likely N-dealkylation sites (tertiary alicyclic amines) is 2. The zero-order valence-electron chi connectivity index (χ0n) is 21.0. The molecule has 2 saturated heterocycles. The zero-order chi connectivity index (χ0) is 26.2. The van der Waals surface area contributed by atoms with E-state index < -0.39 is 5.82 Å². The molecule has 0 radical (unpaired) electrons. The number of rotatable bonds is 5. The van der Waals surface area contributed by atoms with E-state index in [1.807, 2.05) is 41.3 Å². The number of halogens is 1. The Hall–Kier alpha value is -3.75. The number of carbonyl (C=O) groups excluding carboxylic acids is 1. The highest BCUT2D eigenvalue weighted by molar-refractivity contribution is 7.99. The van der Waals surface area contributed by atoms with Gasteiger partial charge in [0.1, 0.15) is 11.1 Å². The van der Waals surface area contributed by atoms with E-state index in [-0.39, 0.29) is 23.0 Å². The smallest absolute Gasteiger partial charge is 0.239 e. The maximum atomic E-state index is 14.4. The van der Waals surface area contributed by atoms with E-state index >= 15 is 0 Å². The molecule has 9 nitrogen and oxygen atoms in total. The second-order valence-electron chi connectivity index (χ2n) is 9.85. The minimum atomic E-state index is -0.420. The predicted molar refractivity (Wildman–Crippen MR) is 140 cm³/mol. The van der Waals surface area contributed by atoms with Crippen LogP contribution in [0.1, 0.15) is 37.3 Å². The molecule has 0 unspecified atom stereocenters. The minimum absolute atomic E-state index is 0.0215. The molecule has 38 heavy (non-hydrogen) atoms. The van der Waals surface area contributed by atoms with Crippen molar-refractivity contribution >= 4 is 23.2 Å². The summed E-state index contributed by atoms with van der Waals surface area (Å²) < 4.78 is 18.0. The molecule has 2 aliphatic heterocycles. The summed E-state index contributed by atoms with van der Waals surface area (Å²) in [6.45, 7) is 2.45. The molecule has 0 spiro atoms. The SMILES string of the molecule is CN1CCC[C@H]1C(=O)N1CCC(n2cc(-c3cc(Sc4ncccc4F)c4c(C#N)cnn4c3)cn2)CC1. The average molecular weight is 531 g/mol. The van der Waals surface area contributed by atoms with Crippen molar-refractivity contribution in [2.75, 3.05) is 26.7 Å². The van der Waals surface area contributed by atoms with Crippen molar-refractivity contribution in [3.05, 3.63) is 60.6 Å². The Bertz CT molecular complexity index is 1530. The molecule has 0 N–H and O–H groups in total. The third-order valence-electron chi connectivity index (χ3n) is 7.52. The minimum Gasteiger partial charge on any atom is -0.341 e. The van der Waals surface area contributed by atoms with Crippen molar-refractivity contribution in [1.29, 1.82) is 5.26 Å². The average Bonchev–Trinajstić information content (AvgIpc) is 3.69. The first-order valence-corrected chi connectivity index (χ1v) is 13.6. The molecule has 194 valence electrons. The molecule has 1 amide bonds. The van der Waals surface area contributed by atoms with Crippen LogP contribution in [0.4, 0.5) is 4.39 Å². The van der Waals surface area contributed by atoms with Gasteiger partial charge in [-0.2, -0.15) is 15.5 Å². The van der Waals surface area contributed by atoms with Gasteiger partial charge in [-0.25, -0.2) is 13.9 Å². The maximum Gasteiger partial charge on any atom is 0.239 e. The van der Waals surface area contributed by atoms with Gasteiger partial charge in [0.2, 0.25) is 5.91 Å². The predicted octanol–water partition coefficient (Wildman–Crippen LogP) is 4.01. The number of carbonyl (C=O) groups is 1. The zero-order valence-corrected chi connectivity index (χ0v) is 21.8. The molecule has 6 rings (SSSR count). The fourth-order valence-electron chi connectivity index (χ4n) is 5.42. The van der Waals surface area contributed by atoms with Gasteiger partial charge in [-0.3, -0.25) is 14.4 Å². The summed E-state index contributed by atoms with van der Waals surface area (Å²) in [7, 11) is 2.03. The molecule has 1 atom stereocenters. The lowest BCUT2D eigenvalue weighted by Crippen LogP contribution is -2.47.